The van der Waals surface area contributed by atoms with Gasteiger partial charge in [0, 0.05) is 24.2 Å². The number of fused-ring (bicyclic) bond motifs is 8. The van der Waals surface area contributed by atoms with E-state index in [1.807, 2.05) is 39.8 Å². The molecule has 2 saturated heterocycles. The maximum atomic E-state index is 13.8. The lowest BCUT2D eigenvalue weighted by Gasteiger charge is -2.66. The van der Waals surface area contributed by atoms with E-state index in [1.54, 1.807) is 36.4 Å². The molecule has 2 bridgehead atoms. The third kappa shape index (κ3) is 3.79. The quantitative estimate of drug-likeness (QED) is 0.418. The molecule has 3 aliphatic carbocycles. The van der Waals surface area contributed by atoms with Crippen molar-refractivity contribution in [3.8, 4) is 0 Å². The molecule has 1 saturated carbocycles. The molecule has 2 aliphatic heterocycles. The van der Waals surface area contributed by atoms with E-state index >= 15 is 0 Å². The third-order valence-electron chi connectivity index (χ3n) is 10.3. The molecule has 0 radical (unpaired) electrons. The maximum absolute atomic E-state index is 13.8. The van der Waals surface area contributed by atoms with E-state index < -0.39 is 76.7 Å². The van der Waals surface area contributed by atoms with E-state index in [9.17, 15) is 19.8 Å². The van der Waals surface area contributed by atoms with Gasteiger partial charge in [0.2, 0.25) is 0 Å². The summed E-state index contributed by atoms with van der Waals surface area (Å²) in [6.07, 6.45) is 0.216. The topological polar surface area (TPSA) is 121 Å². The average molecular weight is 567 g/mol. The van der Waals surface area contributed by atoms with Crippen molar-refractivity contribution < 1.29 is 43.5 Å². The first-order valence-electron chi connectivity index (χ1n) is 14.1. The van der Waals surface area contributed by atoms with Gasteiger partial charge in [-0.1, -0.05) is 57.7 Å². The van der Waals surface area contributed by atoms with Gasteiger partial charge in [-0.25, -0.2) is 4.79 Å². The summed E-state index contributed by atoms with van der Waals surface area (Å²) in [5.74, 6) is -2.01. The van der Waals surface area contributed by atoms with E-state index in [1.165, 1.54) is 6.92 Å². The average Bonchev–Trinajstić information content (AvgIpc) is 3.34. The Bertz CT molecular complexity index is 1330. The predicted molar refractivity (Wildman–Crippen MR) is 146 cm³/mol. The number of carbonyl (C=O) groups excluding carboxylic acids is 2. The van der Waals surface area contributed by atoms with Gasteiger partial charge in [-0.15, -0.1) is 0 Å². The highest BCUT2D eigenvalue weighted by Gasteiger charge is 2.76. The van der Waals surface area contributed by atoms with Crippen molar-refractivity contribution in [3.05, 3.63) is 71.8 Å². The zero-order chi connectivity index (χ0) is 29.5. The Kier molecular flexibility index (Phi) is 6.45. The molecule has 9 heteroatoms. The van der Waals surface area contributed by atoms with Gasteiger partial charge in [-0.05, 0) is 36.3 Å². The number of benzene rings is 1. The van der Waals surface area contributed by atoms with Crippen LogP contribution in [0.3, 0.4) is 0 Å². The lowest BCUT2D eigenvalue weighted by Crippen LogP contribution is -2.78. The van der Waals surface area contributed by atoms with Crippen molar-refractivity contribution in [2.75, 3.05) is 6.61 Å². The first-order valence-corrected chi connectivity index (χ1v) is 14.1. The Labute approximate surface area is 239 Å². The molecule has 2 heterocycles. The molecule has 0 aromatic heterocycles. The molecule has 10 atom stereocenters. The van der Waals surface area contributed by atoms with Crippen molar-refractivity contribution in [3.63, 3.8) is 0 Å². The van der Waals surface area contributed by atoms with Crippen LogP contribution in [0.1, 0.15) is 51.4 Å². The van der Waals surface area contributed by atoms with Crippen LogP contribution in [0.25, 0.3) is 0 Å². The molecule has 3 fully saturated rings. The molecule has 1 aromatic rings. The summed E-state index contributed by atoms with van der Waals surface area (Å²) in [4.78, 5) is 26.4. The predicted octanol–water partition coefficient (Wildman–Crippen LogP) is 3.25. The van der Waals surface area contributed by atoms with Gasteiger partial charge >= 0.3 is 11.9 Å². The Morgan fingerprint density at radius 2 is 1.85 bits per heavy atom. The third-order valence-corrected chi connectivity index (χ3v) is 10.3. The largest absolute Gasteiger partial charge is 0.455 e. The summed E-state index contributed by atoms with van der Waals surface area (Å²) in [5.41, 5.74) is -3.47. The van der Waals surface area contributed by atoms with Crippen LogP contribution in [0, 0.1) is 16.7 Å². The molecule has 1 aromatic carbocycles. The van der Waals surface area contributed by atoms with Gasteiger partial charge in [0.15, 0.2) is 11.9 Å². The van der Waals surface area contributed by atoms with E-state index in [0.29, 0.717) is 16.7 Å². The Balaban J connectivity index is 1.64. The fraction of sp³-hybridized carbons (Fsp3) is 0.562. The van der Waals surface area contributed by atoms with Crippen molar-refractivity contribution in [2.24, 2.45) is 16.7 Å². The second-order valence-corrected chi connectivity index (χ2v) is 12.8. The molecule has 0 amide bonds. The zero-order valence-corrected chi connectivity index (χ0v) is 24.0. The van der Waals surface area contributed by atoms with E-state index in [0.717, 1.165) is 0 Å². The molecule has 0 unspecified atom stereocenters. The summed E-state index contributed by atoms with van der Waals surface area (Å²) < 4.78 is 31.3. The Hall–Kier alpha value is -2.82. The van der Waals surface area contributed by atoms with Crippen LogP contribution in [0.2, 0.25) is 0 Å². The first kappa shape index (κ1) is 28.3. The van der Waals surface area contributed by atoms with Crippen LogP contribution in [0.15, 0.2) is 66.3 Å². The summed E-state index contributed by atoms with van der Waals surface area (Å²) in [6, 6.07) is 8.54. The maximum Gasteiger partial charge on any atom is 0.338 e. The second-order valence-electron chi connectivity index (χ2n) is 12.8. The summed E-state index contributed by atoms with van der Waals surface area (Å²) in [6.45, 7) is 12.8. The summed E-state index contributed by atoms with van der Waals surface area (Å²) >= 11 is 0. The molecule has 6 rings (SSSR count). The van der Waals surface area contributed by atoms with Crippen molar-refractivity contribution in [2.45, 2.75) is 89.1 Å². The van der Waals surface area contributed by atoms with Crippen LogP contribution in [0.4, 0.5) is 0 Å². The molecule has 41 heavy (non-hydrogen) atoms. The van der Waals surface area contributed by atoms with Crippen LogP contribution in [0.5, 0.6) is 0 Å². The number of esters is 2. The van der Waals surface area contributed by atoms with Crippen molar-refractivity contribution in [1.82, 2.24) is 0 Å². The number of carbonyl (C=O) groups is 2. The van der Waals surface area contributed by atoms with Crippen LogP contribution < -0.4 is 0 Å². The SMILES string of the molecule is C=C[C@@H]1O[C@@H]2C3=C(C)[C@@H](O)C[C@@](O)([C@@H](OC(=O)c4ccccc4)[C@H]4[C@@](C)(C=C[C@H]5OC[C@@]54OC(C)=O)[C@@H]2O1)C3(C)C. The summed E-state index contributed by atoms with van der Waals surface area (Å²) in [7, 11) is 0. The van der Waals surface area contributed by atoms with Gasteiger partial charge < -0.3 is 33.9 Å². The Morgan fingerprint density at radius 1 is 1.15 bits per heavy atom. The van der Waals surface area contributed by atoms with Gasteiger partial charge in [0.05, 0.1) is 24.2 Å². The van der Waals surface area contributed by atoms with E-state index in [-0.39, 0.29) is 13.0 Å². The highest BCUT2D eigenvalue weighted by atomic mass is 16.7. The minimum Gasteiger partial charge on any atom is -0.455 e. The normalized spacial score (nSPS) is 43.8. The highest BCUT2D eigenvalue weighted by Crippen LogP contribution is 2.65. The molecular formula is C32H38O9. The molecule has 5 aliphatic rings. The van der Waals surface area contributed by atoms with Gasteiger partial charge in [0.25, 0.3) is 0 Å². The monoisotopic (exact) mass is 566 g/mol. The van der Waals surface area contributed by atoms with Crippen molar-refractivity contribution in [1.29, 1.82) is 0 Å². The molecule has 2 N–H and O–H groups in total. The van der Waals surface area contributed by atoms with Gasteiger partial charge in [0.1, 0.15) is 30.0 Å². The number of rotatable bonds is 4. The lowest BCUT2D eigenvalue weighted by atomic mass is 9.46. The molecule has 220 valence electrons. The fourth-order valence-electron chi connectivity index (χ4n) is 8.15. The van der Waals surface area contributed by atoms with E-state index in [4.69, 9.17) is 23.7 Å². The van der Waals surface area contributed by atoms with Crippen molar-refractivity contribution >= 4 is 11.9 Å². The van der Waals surface area contributed by atoms with Crippen LogP contribution >= 0.6 is 0 Å². The lowest BCUT2D eigenvalue weighted by molar-refractivity contribution is -0.316. The standard InChI is InChI=1S/C32H38O9/c1-7-22-38-24-23-17(2)20(34)15-32(36,29(23,4)5)27(40-28(35)19-11-9-8-10-12-19)25-30(6,26(24)39-22)14-13-21-31(25,16-37-21)41-18(3)33/h7-14,20-22,24-27,34,36H,1,15-16H2,2-6H3/t20-,21+,22+,24+,25-,26+,27-,30+,31+,32+/m0/s1. The zero-order valence-electron chi connectivity index (χ0n) is 24.0. The molecule has 9 nitrogen and oxygen atoms in total. The molecule has 0 spiro atoms. The number of aliphatic hydroxyl groups excluding tert-OH is 1. The minimum absolute atomic E-state index is 0.0329. The minimum atomic E-state index is -1.81. The number of ether oxygens (including phenoxy) is 5. The fourth-order valence-corrected chi connectivity index (χ4v) is 8.15. The number of aliphatic hydroxyl groups is 2. The smallest absolute Gasteiger partial charge is 0.338 e. The molecular weight excluding hydrogens is 528 g/mol. The van der Waals surface area contributed by atoms with E-state index in [2.05, 4.69) is 6.58 Å². The Morgan fingerprint density at radius 3 is 2.46 bits per heavy atom. The number of hydrogen-bond acceptors (Lipinski definition) is 9. The van der Waals surface area contributed by atoms with Gasteiger partial charge in [-0.2, -0.15) is 0 Å². The highest BCUT2D eigenvalue weighted by molar-refractivity contribution is 5.89. The van der Waals surface area contributed by atoms with Crippen LogP contribution in [-0.4, -0.2) is 76.8 Å². The number of hydrogen-bond donors (Lipinski definition) is 2. The first-order chi connectivity index (χ1) is 19.3. The van der Waals surface area contributed by atoms with Crippen LogP contribution in [-0.2, 0) is 28.5 Å². The van der Waals surface area contributed by atoms with Gasteiger partial charge in [-0.3, -0.25) is 4.79 Å². The second kappa shape index (κ2) is 9.34. The summed E-state index contributed by atoms with van der Waals surface area (Å²) in [5, 5.41) is 24.4.